The van der Waals surface area contributed by atoms with E-state index in [-0.39, 0.29) is 13.0 Å². The molecule has 0 bridgehead atoms. The third-order valence-electron chi connectivity index (χ3n) is 3.12. The summed E-state index contributed by atoms with van der Waals surface area (Å²) in [5.41, 5.74) is 0.373. The summed E-state index contributed by atoms with van der Waals surface area (Å²) in [5, 5.41) is 18.6. The number of aliphatic carboxylic acids is 1. The number of carboxylic acids is 1. The van der Waals surface area contributed by atoms with E-state index >= 15 is 0 Å². The predicted molar refractivity (Wildman–Crippen MR) is 61.2 cm³/mol. The number of carbonyl (C=O) groups is 2. The molecule has 0 aromatic carbocycles. The van der Waals surface area contributed by atoms with Crippen LogP contribution in [0.2, 0.25) is 0 Å². The standard InChI is InChI=1S/C12H15NO5/c1-2-10-8(3-4-18-10)11(15)13-6-7(14)5-9(13)12(16)17/h3-4,7,9,14H,2,5-6H2,1H3,(H,16,17)/t7-,9-/m1/s1. The van der Waals surface area contributed by atoms with Gasteiger partial charge < -0.3 is 19.5 Å². The molecule has 0 unspecified atom stereocenters. The van der Waals surface area contributed by atoms with Gasteiger partial charge in [0.15, 0.2) is 0 Å². The van der Waals surface area contributed by atoms with E-state index in [1.54, 1.807) is 0 Å². The highest BCUT2D eigenvalue weighted by molar-refractivity contribution is 5.97. The van der Waals surface area contributed by atoms with Crippen LogP contribution in [-0.2, 0) is 11.2 Å². The molecule has 0 spiro atoms. The third kappa shape index (κ3) is 2.11. The van der Waals surface area contributed by atoms with Gasteiger partial charge in [0.2, 0.25) is 0 Å². The SMILES string of the molecule is CCc1occc1C(=O)N1C[C@H](O)C[C@@H]1C(=O)O. The van der Waals surface area contributed by atoms with Crippen LogP contribution in [0.5, 0.6) is 0 Å². The summed E-state index contributed by atoms with van der Waals surface area (Å²) in [6.45, 7) is 1.90. The Bertz CT molecular complexity index is 467. The number of likely N-dealkylation sites (tertiary alicyclic amines) is 1. The van der Waals surface area contributed by atoms with Crippen LogP contribution in [0.1, 0.15) is 29.5 Å². The molecule has 1 amide bonds. The lowest BCUT2D eigenvalue weighted by Crippen LogP contribution is -2.40. The number of β-amino-alcohol motifs (C(OH)–C–C–N with tert-alkyl or cyclic N) is 1. The van der Waals surface area contributed by atoms with Crippen LogP contribution in [-0.4, -0.2) is 45.7 Å². The summed E-state index contributed by atoms with van der Waals surface area (Å²) in [7, 11) is 0. The fraction of sp³-hybridized carbons (Fsp3) is 0.500. The molecule has 1 aliphatic rings. The molecular weight excluding hydrogens is 238 g/mol. The second-order valence-corrected chi connectivity index (χ2v) is 4.31. The normalized spacial score (nSPS) is 23.3. The first-order valence-corrected chi connectivity index (χ1v) is 5.82. The monoisotopic (exact) mass is 253 g/mol. The van der Waals surface area contributed by atoms with Crippen molar-refractivity contribution in [1.82, 2.24) is 4.90 Å². The highest BCUT2D eigenvalue weighted by atomic mass is 16.4. The van der Waals surface area contributed by atoms with Gasteiger partial charge in [0, 0.05) is 19.4 Å². The molecule has 1 fully saturated rings. The summed E-state index contributed by atoms with van der Waals surface area (Å²) in [6, 6.07) is 0.567. The lowest BCUT2D eigenvalue weighted by atomic mass is 10.1. The second kappa shape index (κ2) is 4.81. The van der Waals surface area contributed by atoms with E-state index in [1.165, 1.54) is 17.2 Å². The van der Waals surface area contributed by atoms with E-state index < -0.39 is 24.0 Å². The Morgan fingerprint density at radius 2 is 2.28 bits per heavy atom. The molecule has 6 nitrogen and oxygen atoms in total. The number of aliphatic hydroxyl groups excluding tert-OH is 1. The Hall–Kier alpha value is -1.82. The van der Waals surface area contributed by atoms with Crippen LogP contribution in [0.15, 0.2) is 16.7 Å². The van der Waals surface area contributed by atoms with E-state index in [0.29, 0.717) is 17.7 Å². The molecular formula is C12H15NO5. The predicted octanol–water partition coefficient (Wildman–Crippen LogP) is 0.502. The molecule has 0 aliphatic carbocycles. The van der Waals surface area contributed by atoms with Crippen molar-refractivity contribution in [2.75, 3.05) is 6.54 Å². The van der Waals surface area contributed by atoms with Crippen LogP contribution in [0.4, 0.5) is 0 Å². The summed E-state index contributed by atoms with van der Waals surface area (Å²) in [6.07, 6.45) is 1.25. The smallest absolute Gasteiger partial charge is 0.326 e. The number of rotatable bonds is 3. The zero-order chi connectivity index (χ0) is 13.3. The largest absolute Gasteiger partial charge is 0.480 e. The number of aryl methyl sites for hydroxylation is 1. The summed E-state index contributed by atoms with van der Waals surface area (Å²) >= 11 is 0. The second-order valence-electron chi connectivity index (χ2n) is 4.31. The molecule has 6 heteroatoms. The molecule has 2 N–H and O–H groups in total. The Kier molecular flexibility index (Phi) is 3.38. The fourth-order valence-electron chi connectivity index (χ4n) is 2.23. The van der Waals surface area contributed by atoms with Gasteiger partial charge >= 0.3 is 5.97 Å². The van der Waals surface area contributed by atoms with Crippen LogP contribution in [0.3, 0.4) is 0 Å². The third-order valence-corrected chi connectivity index (χ3v) is 3.12. The van der Waals surface area contributed by atoms with Gasteiger partial charge in [0.25, 0.3) is 5.91 Å². The molecule has 1 aromatic rings. The highest BCUT2D eigenvalue weighted by Gasteiger charge is 2.39. The van der Waals surface area contributed by atoms with Crippen molar-refractivity contribution in [1.29, 1.82) is 0 Å². The lowest BCUT2D eigenvalue weighted by molar-refractivity contribution is -0.141. The zero-order valence-corrected chi connectivity index (χ0v) is 10.00. The molecule has 0 saturated carbocycles. The number of amides is 1. The van der Waals surface area contributed by atoms with E-state index in [2.05, 4.69) is 0 Å². The molecule has 1 aromatic heterocycles. The number of nitrogens with zero attached hydrogens (tertiary/aromatic N) is 1. The van der Waals surface area contributed by atoms with Crippen molar-refractivity contribution in [3.05, 3.63) is 23.7 Å². The maximum atomic E-state index is 12.2. The number of hydrogen-bond donors (Lipinski definition) is 2. The van der Waals surface area contributed by atoms with Gasteiger partial charge in [-0.25, -0.2) is 4.79 Å². The Morgan fingerprint density at radius 1 is 1.56 bits per heavy atom. The minimum absolute atomic E-state index is 0.0458. The molecule has 2 rings (SSSR count). The minimum Gasteiger partial charge on any atom is -0.480 e. The summed E-state index contributed by atoms with van der Waals surface area (Å²) < 4.78 is 5.16. The van der Waals surface area contributed by atoms with Gasteiger partial charge in [-0.15, -0.1) is 0 Å². The topological polar surface area (TPSA) is 91.0 Å². The first-order chi connectivity index (χ1) is 8.54. The number of carbonyl (C=O) groups excluding carboxylic acids is 1. The van der Waals surface area contributed by atoms with Crippen molar-refractivity contribution in [3.63, 3.8) is 0 Å². The number of furan rings is 1. The number of hydrogen-bond acceptors (Lipinski definition) is 4. The molecule has 0 radical (unpaired) electrons. The van der Waals surface area contributed by atoms with Crippen LogP contribution >= 0.6 is 0 Å². The molecule has 2 atom stereocenters. The van der Waals surface area contributed by atoms with Crippen molar-refractivity contribution in [3.8, 4) is 0 Å². The summed E-state index contributed by atoms with van der Waals surface area (Å²) in [5.74, 6) is -0.962. The summed E-state index contributed by atoms with van der Waals surface area (Å²) in [4.78, 5) is 24.5. The quantitative estimate of drug-likeness (QED) is 0.818. The van der Waals surface area contributed by atoms with E-state index in [4.69, 9.17) is 9.52 Å². The average molecular weight is 253 g/mol. The van der Waals surface area contributed by atoms with Crippen molar-refractivity contribution in [2.45, 2.75) is 31.9 Å². The van der Waals surface area contributed by atoms with Gasteiger partial charge in [-0.05, 0) is 6.07 Å². The minimum atomic E-state index is -1.10. The van der Waals surface area contributed by atoms with Gasteiger partial charge in [-0.2, -0.15) is 0 Å². The highest BCUT2D eigenvalue weighted by Crippen LogP contribution is 2.23. The molecule has 2 heterocycles. The van der Waals surface area contributed by atoms with Gasteiger partial charge in [-0.1, -0.05) is 6.92 Å². The Balaban J connectivity index is 2.25. The number of aliphatic hydroxyl groups is 1. The number of carboxylic acid groups (broad SMARTS) is 1. The molecule has 1 saturated heterocycles. The maximum Gasteiger partial charge on any atom is 0.326 e. The Labute approximate surface area is 104 Å². The maximum absolute atomic E-state index is 12.2. The van der Waals surface area contributed by atoms with Crippen LogP contribution in [0, 0.1) is 0 Å². The van der Waals surface area contributed by atoms with Crippen LogP contribution < -0.4 is 0 Å². The fourth-order valence-corrected chi connectivity index (χ4v) is 2.23. The lowest BCUT2D eigenvalue weighted by Gasteiger charge is -2.20. The zero-order valence-electron chi connectivity index (χ0n) is 10.00. The van der Waals surface area contributed by atoms with Crippen molar-refractivity contribution < 1.29 is 24.2 Å². The van der Waals surface area contributed by atoms with Gasteiger partial charge in [0.05, 0.1) is 17.9 Å². The Morgan fingerprint density at radius 3 is 2.89 bits per heavy atom. The molecule has 18 heavy (non-hydrogen) atoms. The van der Waals surface area contributed by atoms with Crippen molar-refractivity contribution in [2.24, 2.45) is 0 Å². The van der Waals surface area contributed by atoms with E-state index in [1.807, 2.05) is 6.92 Å². The van der Waals surface area contributed by atoms with E-state index in [9.17, 15) is 14.7 Å². The van der Waals surface area contributed by atoms with Crippen molar-refractivity contribution >= 4 is 11.9 Å². The van der Waals surface area contributed by atoms with Gasteiger partial charge in [-0.3, -0.25) is 4.79 Å². The molecule has 98 valence electrons. The van der Waals surface area contributed by atoms with E-state index in [0.717, 1.165) is 0 Å². The first-order valence-electron chi connectivity index (χ1n) is 5.82. The van der Waals surface area contributed by atoms with Gasteiger partial charge in [0.1, 0.15) is 11.8 Å². The molecule has 1 aliphatic heterocycles. The van der Waals surface area contributed by atoms with Crippen LogP contribution in [0.25, 0.3) is 0 Å². The first kappa shape index (κ1) is 12.6. The average Bonchev–Trinajstić information content (AvgIpc) is 2.93.